The average Bonchev–Trinajstić information content (AvgIpc) is 2.49. The van der Waals surface area contributed by atoms with Crippen molar-refractivity contribution in [3.8, 4) is 11.5 Å². The molecule has 2 aromatic carbocycles. The van der Waals surface area contributed by atoms with Crippen LogP contribution in [0, 0.1) is 18.6 Å². The standard InChI is InChI=1S/C16H14F2O3/c1-9-4-15(18)13(8-14(9)17)16(19)10-5-11(20-2)7-12(6-10)21-3/h4-8H,1-3H3. The fourth-order valence-electron chi connectivity index (χ4n) is 1.91. The zero-order chi connectivity index (χ0) is 15.6. The molecule has 0 atom stereocenters. The van der Waals surface area contributed by atoms with Crippen LogP contribution in [-0.4, -0.2) is 20.0 Å². The molecule has 0 amide bonds. The van der Waals surface area contributed by atoms with Crippen LogP contribution in [-0.2, 0) is 0 Å². The summed E-state index contributed by atoms with van der Waals surface area (Å²) in [6.45, 7) is 1.43. The molecule has 0 spiro atoms. The first kappa shape index (κ1) is 15.0. The maximum Gasteiger partial charge on any atom is 0.196 e. The van der Waals surface area contributed by atoms with Crippen LogP contribution in [0.1, 0.15) is 21.5 Å². The molecule has 3 nitrogen and oxygen atoms in total. The number of benzene rings is 2. The molecule has 0 aliphatic heterocycles. The van der Waals surface area contributed by atoms with Gasteiger partial charge >= 0.3 is 0 Å². The molecule has 0 unspecified atom stereocenters. The Hall–Kier alpha value is -2.43. The lowest BCUT2D eigenvalue weighted by Gasteiger charge is -2.09. The summed E-state index contributed by atoms with van der Waals surface area (Å²) in [4.78, 5) is 12.3. The summed E-state index contributed by atoms with van der Waals surface area (Å²) in [5, 5.41) is 0. The van der Waals surface area contributed by atoms with E-state index in [9.17, 15) is 13.6 Å². The number of methoxy groups -OCH3 is 2. The Morgan fingerprint density at radius 1 is 0.905 bits per heavy atom. The first-order valence-electron chi connectivity index (χ1n) is 6.19. The molecule has 0 saturated carbocycles. The Morgan fingerprint density at radius 2 is 1.48 bits per heavy atom. The molecule has 0 bridgehead atoms. The molecule has 0 aliphatic rings. The highest BCUT2D eigenvalue weighted by molar-refractivity contribution is 6.09. The van der Waals surface area contributed by atoms with Crippen molar-refractivity contribution in [3.63, 3.8) is 0 Å². The topological polar surface area (TPSA) is 35.5 Å². The fraction of sp³-hybridized carbons (Fsp3) is 0.188. The van der Waals surface area contributed by atoms with Gasteiger partial charge < -0.3 is 9.47 Å². The van der Waals surface area contributed by atoms with E-state index < -0.39 is 17.4 Å². The lowest BCUT2D eigenvalue weighted by molar-refractivity contribution is 0.103. The number of aryl methyl sites for hydroxylation is 1. The Kier molecular flexibility index (Phi) is 4.21. The van der Waals surface area contributed by atoms with Gasteiger partial charge in [-0.25, -0.2) is 8.78 Å². The Labute approximate surface area is 121 Å². The molecule has 0 aromatic heterocycles. The van der Waals surface area contributed by atoms with Crippen molar-refractivity contribution in [3.05, 3.63) is 58.7 Å². The third-order valence-electron chi connectivity index (χ3n) is 3.11. The number of ether oxygens (including phenoxy) is 2. The molecule has 2 rings (SSSR count). The second kappa shape index (κ2) is 5.91. The summed E-state index contributed by atoms with van der Waals surface area (Å²) in [5.74, 6) is -1.24. The number of halogens is 2. The number of carbonyl (C=O) groups excluding carboxylic acids is 1. The summed E-state index contributed by atoms with van der Waals surface area (Å²) in [5.41, 5.74) is -0.0194. The van der Waals surface area contributed by atoms with Crippen LogP contribution < -0.4 is 9.47 Å². The zero-order valence-corrected chi connectivity index (χ0v) is 11.9. The van der Waals surface area contributed by atoms with Crippen molar-refractivity contribution in [1.82, 2.24) is 0 Å². The Bertz CT molecular complexity index is 674. The van der Waals surface area contributed by atoms with Crippen LogP contribution in [0.15, 0.2) is 30.3 Å². The largest absolute Gasteiger partial charge is 0.497 e. The predicted octanol–water partition coefficient (Wildman–Crippen LogP) is 3.52. The van der Waals surface area contributed by atoms with Crippen LogP contribution in [0.2, 0.25) is 0 Å². The lowest BCUT2D eigenvalue weighted by atomic mass is 10.0. The number of carbonyl (C=O) groups is 1. The third kappa shape index (κ3) is 3.02. The normalized spacial score (nSPS) is 10.3. The fourth-order valence-corrected chi connectivity index (χ4v) is 1.91. The van der Waals surface area contributed by atoms with Crippen LogP contribution in [0.4, 0.5) is 8.78 Å². The molecule has 0 aliphatic carbocycles. The number of hydrogen-bond donors (Lipinski definition) is 0. The van der Waals surface area contributed by atoms with E-state index >= 15 is 0 Å². The second-order valence-corrected chi connectivity index (χ2v) is 4.51. The van der Waals surface area contributed by atoms with Crippen molar-refractivity contribution in [1.29, 1.82) is 0 Å². The van der Waals surface area contributed by atoms with E-state index in [0.29, 0.717) is 11.5 Å². The minimum atomic E-state index is -0.763. The molecule has 21 heavy (non-hydrogen) atoms. The summed E-state index contributed by atoms with van der Waals surface area (Å²) in [6.07, 6.45) is 0. The SMILES string of the molecule is COc1cc(OC)cc(C(=O)c2cc(F)c(C)cc2F)c1. The van der Waals surface area contributed by atoms with E-state index in [-0.39, 0.29) is 16.7 Å². The minimum absolute atomic E-state index is 0.146. The van der Waals surface area contributed by atoms with Gasteiger partial charge in [-0.05, 0) is 36.8 Å². The van der Waals surface area contributed by atoms with Crippen LogP contribution >= 0.6 is 0 Å². The van der Waals surface area contributed by atoms with Gasteiger partial charge in [0, 0.05) is 11.6 Å². The maximum absolute atomic E-state index is 13.9. The van der Waals surface area contributed by atoms with Crippen molar-refractivity contribution in [2.75, 3.05) is 14.2 Å². The zero-order valence-electron chi connectivity index (χ0n) is 11.9. The molecule has 0 fully saturated rings. The van der Waals surface area contributed by atoms with Gasteiger partial charge in [-0.2, -0.15) is 0 Å². The second-order valence-electron chi connectivity index (χ2n) is 4.51. The molecule has 0 N–H and O–H groups in total. The maximum atomic E-state index is 13.9. The van der Waals surface area contributed by atoms with Gasteiger partial charge in [0.05, 0.1) is 19.8 Å². The lowest BCUT2D eigenvalue weighted by Crippen LogP contribution is -2.06. The van der Waals surface area contributed by atoms with Gasteiger partial charge in [0.2, 0.25) is 0 Å². The molecule has 110 valence electrons. The van der Waals surface area contributed by atoms with E-state index in [1.165, 1.54) is 33.3 Å². The highest BCUT2D eigenvalue weighted by atomic mass is 19.1. The van der Waals surface area contributed by atoms with Crippen LogP contribution in [0.3, 0.4) is 0 Å². The Balaban J connectivity index is 2.52. The molecule has 2 aromatic rings. The molecule has 0 saturated heterocycles. The van der Waals surface area contributed by atoms with Crippen molar-refractivity contribution >= 4 is 5.78 Å². The first-order chi connectivity index (χ1) is 9.96. The van der Waals surface area contributed by atoms with Crippen LogP contribution in [0.25, 0.3) is 0 Å². The van der Waals surface area contributed by atoms with E-state index in [0.717, 1.165) is 12.1 Å². The predicted molar refractivity (Wildman–Crippen MR) is 74.1 cm³/mol. The monoisotopic (exact) mass is 292 g/mol. The van der Waals surface area contributed by atoms with Gasteiger partial charge in [0.15, 0.2) is 5.78 Å². The molecule has 0 radical (unpaired) electrons. The average molecular weight is 292 g/mol. The summed E-state index contributed by atoms with van der Waals surface area (Å²) in [6, 6.07) is 6.38. The minimum Gasteiger partial charge on any atom is -0.497 e. The van der Waals surface area contributed by atoms with Gasteiger partial charge in [-0.15, -0.1) is 0 Å². The third-order valence-corrected chi connectivity index (χ3v) is 3.11. The molecular formula is C16H14F2O3. The van der Waals surface area contributed by atoms with E-state index in [2.05, 4.69) is 0 Å². The van der Waals surface area contributed by atoms with Gasteiger partial charge in [0.25, 0.3) is 0 Å². The molecule has 0 heterocycles. The van der Waals surface area contributed by atoms with Crippen LogP contribution in [0.5, 0.6) is 11.5 Å². The molecule has 5 heteroatoms. The summed E-state index contributed by atoms with van der Waals surface area (Å²) >= 11 is 0. The van der Waals surface area contributed by atoms with E-state index in [1.54, 1.807) is 6.07 Å². The van der Waals surface area contributed by atoms with Crippen molar-refractivity contribution in [2.45, 2.75) is 6.92 Å². The van der Waals surface area contributed by atoms with E-state index in [4.69, 9.17) is 9.47 Å². The number of rotatable bonds is 4. The van der Waals surface area contributed by atoms with E-state index in [1.807, 2.05) is 0 Å². The smallest absolute Gasteiger partial charge is 0.196 e. The van der Waals surface area contributed by atoms with Crippen molar-refractivity contribution < 1.29 is 23.0 Å². The van der Waals surface area contributed by atoms with Gasteiger partial charge in [-0.3, -0.25) is 4.79 Å². The molecular weight excluding hydrogens is 278 g/mol. The Morgan fingerprint density at radius 3 is 2.00 bits per heavy atom. The summed E-state index contributed by atoms with van der Waals surface area (Å²) < 4.78 is 37.6. The summed E-state index contributed by atoms with van der Waals surface area (Å²) in [7, 11) is 2.88. The van der Waals surface area contributed by atoms with Gasteiger partial charge in [0.1, 0.15) is 23.1 Å². The van der Waals surface area contributed by atoms with Gasteiger partial charge in [-0.1, -0.05) is 0 Å². The quantitative estimate of drug-likeness (QED) is 0.809. The first-order valence-corrected chi connectivity index (χ1v) is 6.19. The highest BCUT2D eigenvalue weighted by Crippen LogP contribution is 2.25. The van der Waals surface area contributed by atoms with Crippen molar-refractivity contribution in [2.24, 2.45) is 0 Å². The number of ketones is 1. The highest BCUT2D eigenvalue weighted by Gasteiger charge is 2.18. The number of hydrogen-bond acceptors (Lipinski definition) is 3.